The molecule has 0 aromatic carbocycles. The van der Waals surface area contributed by atoms with E-state index in [2.05, 4.69) is 44.8 Å². The Morgan fingerprint density at radius 3 is 2.05 bits per heavy atom. The first-order valence-electron chi connectivity index (χ1n) is 6.22. The van der Waals surface area contributed by atoms with Crippen LogP contribution in [0.5, 0.6) is 0 Å². The van der Waals surface area contributed by atoms with Crippen molar-refractivity contribution in [3.05, 3.63) is 12.2 Å². The maximum absolute atomic E-state index is 12.2. The number of ether oxygens (including phenoxy) is 1. The van der Waals surface area contributed by atoms with E-state index in [-0.39, 0.29) is 11.6 Å². The second kappa shape index (κ2) is 6.11. The fourth-order valence-corrected chi connectivity index (χ4v) is 2.18. The quantitative estimate of drug-likeness (QED) is 0.311. The lowest BCUT2D eigenvalue weighted by Crippen LogP contribution is -2.35. The normalized spacial score (nSPS) is 13.3. The van der Waals surface area contributed by atoms with Crippen LogP contribution in [0.4, 0.5) is 13.2 Å². The van der Waals surface area contributed by atoms with Crippen molar-refractivity contribution < 1.29 is 22.7 Å². The minimum atomic E-state index is -4.71. The molecule has 112 valence electrons. The van der Waals surface area contributed by atoms with Gasteiger partial charge >= 0.3 is 12.1 Å². The maximum Gasteiger partial charge on any atom is 0.422 e. The topological polar surface area (TPSA) is 26.3 Å². The summed E-state index contributed by atoms with van der Waals surface area (Å²) in [7, 11) is -1.35. The summed E-state index contributed by atoms with van der Waals surface area (Å²) in [5.41, 5.74) is -1.45. The summed E-state index contributed by atoms with van der Waals surface area (Å²) in [6.07, 6.45) is -3.32. The van der Waals surface area contributed by atoms with Gasteiger partial charge in [-0.05, 0) is 17.9 Å². The van der Waals surface area contributed by atoms with Crippen LogP contribution in [0.3, 0.4) is 0 Å². The SMILES string of the molecule is C=C(C(=O)OCCCC(C)(C)[Si](C)(C)C)C(F)(F)F. The van der Waals surface area contributed by atoms with Crippen molar-refractivity contribution in [3.8, 4) is 0 Å². The van der Waals surface area contributed by atoms with E-state index in [4.69, 9.17) is 0 Å². The van der Waals surface area contributed by atoms with E-state index in [1.165, 1.54) is 0 Å². The third kappa shape index (κ3) is 5.80. The molecule has 0 aromatic heterocycles. The Morgan fingerprint density at radius 1 is 1.21 bits per heavy atom. The molecule has 0 rings (SSSR count). The van der Waals surface area contributed by atoms with Crippen LogP contribution in [0.1, 0.15) is 26.7 Å². The monoisotopic (exact) mass is 296 g/mol. The van der Waals surface area contributed by atoms with Crippen LogP contribution in [-0.2, 0) is 9.53 Å². The van der Waals surface area contributed by atoms with Crippen molar-refractivity contribution in [2.45, 2.75) is 57.5 Å². The predicted molar refractivity (Wildman–Crippen MR) is 72.8 cm³/mol. The van der Waals surface area contributed by atoms with E-state index in [9.17, 15) is 18.0 Å². The Balaban J connectivity index is 4.14. The largest absolute Gasteiger partial charge is 0.462 e. The Labute approximate surface area is 114 Å². The Bertz CT molecular complexity index is 341. The van der Waals surface area contributed by atoms with Gasteiger partial charge in [0.05, 0.1) is 6.61 Å². The van der Waals surface area contributed by atoms with Gasteiger partial charge in [-0.25, -0.2) is 4.79 Å². The zero-order chi connectivity index (χ0) is 15.5. The third-order valence-corrected chi connectivity index (χ3v) is 8.11. The summed E-state index contributed by atoms with van der Waals surface area (Å²) in [6, 6.07) is 0. The van der Waals surface area contributed by atoms with Crippen molar-refractivity contribution in [1.29, 1.82) is 0 Å². The van der Waals surface area contributed by atoms with E-state index < -0.39 is 25.8 Å². The molecule has 6 heteroatoms. The van der Waals surface area contributed by atoms with Gasteiger partial charge < -0.3 is 4.74 Å². The van der Waals surface area contributed by atoms with Crippen LogP contribution in [0.2, 0.25) is 24.7 Å². The molecule has 0 atom stereocenters. The molecule has 0 amide bonds. The van der Waals surface area contributed by atoms with Gasteiger partial charge in [-0.3, -0.25) is 0 Å². The highest BCUT2D eigenvalue weighted by atomic mass is 28.3. The molecule has 0 aliphatic carbocycles. The number of alkyl halides is 3. The first-order valence-corrected chi connectivity index (χ1v) is 9.72. The average Bonchev–Trinajstić information content (AvgIpc) is 2.20. The molecule has 0 bridgehead atoms. The van der Waals surface area contributed by atoms with Crippen molar-refractivity contribution in [2.24, 2.45) is 0 Å². The fraction of sp³-hybridized carbons (Fsp3) is 0.769. The zero-order valence-corrected chi connectivity index (χ0v) is 13.3. The summed E-state index contributed by atoms with van der Waals surface area (Å²) < 4.78 is 41.1. The predicted octanol–water partition coefficient (Wildman–Crippen LogP) is 4.55. The Kier molecular flexibility index (Phi) is 5.86. The number of halogens is 3. The second-order valence-corrected chi connectivity index (χ2v) is 12.2. The van der Waals surface area contributed by atoms with Crippen LogP contribution in [0, 0.1) is 0 Å². The highest BCUT2D eigenvalue weighted by molar-refractivity contribution is 6.78. The number of esters is 1. The number of hydrogen-bond acceptors (Lipinski definition) is 2. The first-order chi connectivity index (χ1) is 8.29. The minimum absolute atomic E-state index is 0.00183. The molecule has 0 aliphatic rings. The fourth-order valence-electron chi connectivity index (χ4n) is 1.26. The maximum atomic E-state index is 12.2. The molecule has 0 heterocycles. The van der Waals surface area contributed by atoms with Crippen molar-refractivity contribution in [1.82, 2.24) is 0 Å². The third-order valence-electron chi connectivity index (χ3n) is 3.80. The van der Waals surface area contributed by atoms with Crippen LogP contribution in [0.25, 0.3) is 0 Å². The van der Waals surface area contributed by atoms with Gasteiger partial charge in [0.2, 0.25) is 0 Å². The Hall–Kier alpha value is -0.783. The standard InChI is InChI=1S/C13H23F3O2Si/c1-10(13(14,15)16)11(17)18-9-7-8-12(2,3)19(4,5)6/h1,7-9H2,2-6H3. The molecular weight excluding hydrogens is 273 g/mol. The summed E-state index contributed by atoms with van der Waals surface area (Å²) in [4.78, 5) is 11.1. The van der Waals surface area contributed by atoms with E-state index in [0.717, 1.165) is 6.42 Å². The summed E-state index contributed by atoms with van der Waals surface area (Å²) in [5.74, 6) is -1.38. The molecule has 0 unspecified atom stereocenters. The van der Waals surface area contributed by atoms with Crippen LogP contribution in [-0.4, -0.2) is 26.8 Å². The van der Waals surface area contributed by atoms with Gasteiger partial charge in [-0.2, -0.15) is 13.2 Å². The lowest BCUT2D eigenvalue weighted by Gasteiger charge is -2.37. The summed E-state index contributed by atoms with van der Waals surface area (Å²) in [5, 5.41) is 0.153. The lowest BCUT2D eigenvalue weighted by molar-refractivity contribution is -0.150. The van der Waals surface area contributed by atoms with Crippen molar-refractivity contribution in [2.75, 3.05) is 6.61 Å². The van der Waals surface area contributed by atoms with Crippen molar-refractivity contribution in [3.63, 3.8) is 0 Å². The molecule has 0 saturated carbocycles. The van der Waals surface area contributed by atoms with Gasteiger partial charge in [0.25, 0.3) is 0 Å². The second-order valence-electron chi connectivity index (χ2n) is 6.35. The smallest absolute Gasteiger partial charge is 0.422 e. The minimum Gasteiger partial charge on any atom is -0.462 e. The van der Waals surface area contributed by atoms with Gasteiger partial charge in [0, 0.05) is 8.07 Å². The first kappa shape index (κ1) is 18.2. The molecule has 0 radical (unpaired) electrons. The molecule has 0 N–H and O–H groups in total. The molecule has 0 fully saturated rings. The molecule has 19 heavy (non-hydrogen) atoms. The van der Waals surface area contributed by atoms with Crippen molar-refractivity contribution >= 4 is 14.0 Å². The molecule has 0 aliphatic heterocycles. The average molecular weight is 296 g/mol. The molecule has 0 saturated heterocycles. The van der Waals surface area contributed by atoms with E-state index in [1.807, 2.05) is 0 Å². The molecule has 2 nitrogen and oxygen atoms in total. The van der Waals surface area contributed by atoms with Gasteiger partial charge in [-0.1, -0.05) is 40.1 Å². The molecule has 0 spiro atoms. The molecule has 0 aromatic rings. The van der Waals surface area contributed by atoms with E-state index in [0.29, 0.717) is 6.42 Å². The molecular formula is C13H23F3O2Si. The van der Waals surface area contributed by atoms with Gasteiger partial charge in [0.1, 0.15) is 5.57 Å². The highest BCUT2D eigenvalue weighted by Crippen LogP contribution is 2.41. The summed E-state index contributed by atoms with van der Waals surface area (Å²) >= 11 is 0. The van der Waals surface area contributed by atoms with E-state index >= 15 is 0 Å². The van der Waals surface area contributed by atoms with Gasteiger partial charge in [-0.15, -0.1) is 0 Å². The highest BCUT2D eigenvalue weighted by Gasteiger charge is 2.38. The van der Waals surface area contributed by atoms with Crippen LogP contribution < -0.4 is 0 Å². The Morgan fingerprint density at radius 2 is 1.68 bits per heavy atom. The lowest BCUT2D eigenvalue weighted by atomic mass is 10.1. The number of hydrogen-bond donors (Lipinski definition) is 0. The number of rotatable bonds is 6. The van der Waals surface area contributed by atoms with E-state index in [1.54, 1.807) is 0 Å². The van der Waals surface area contributed by atoms with Crippen LogP contribution in [0.15, 0.2) is 12.2 Å². The number of carbonyl (C=O) groups excluding carboxylic acids is 1. The van der Waals surface area contributed by atoms with Gasteiger partial charge in [0.15, 0.2) is 0 Å². The van der Waals surface area contributed by atoms with Crippen LogP contribution >= 0.6 is 0 Å². The summed E-state index contributed by atoms with van der Waals surface area (Å²) in [6.45, 7) is 13.7. The number of carbonyl (C=O) groups is 1. The zero-order valence-electron chi connectivity index (χ0n) is 12.3.